The van der Waals surface area contributed by atoms with Gasteiger partial charge in [-0.25, -0.2) is 0 Å². The molecular formula is C9H9Si. The van der Waals surface area contributed by atoms with Crippen molar-refractivity contribution in [1.29, 1.82) is 0 Å². The van der Waals surface area contributed by atoms with Crippen LogP contribution in [0.4, 0.5) is 0 Å². The SMILES string of the molecule is [Si]c1ccc2c(c1)CCC2. The van der Waals surface area contributed by atoms with Gasteiger partial charge in [0.2, 0.25) is 0 Å². The zero-order valence-electron chi connectivity index (χ0n) is 5.85. The molecule has 0 aromatic heterocycles. The minimum Gasteiger partial charge on any atom is -0.0671 e. The van der Waals surface area contributed by atoms with E-state index >= 15 is 0 Å². The maximum atomic E-state index is 3.51. The second-order valence-corrected chi connectivity index (χ2v) is 3.41. The summed E-state index contributed by atoms with van der Waals surface area (Å²) in [7, 11) is 3.51. The molecule has 0 N–H and O–H groups in total. The summed E-state index contributed by atoms with van der Waals surface area (Å²) in [6.07, 6.45) is 3.89. The maximum Gasteiger partial charge on any atom is 0.0711 e. The van der Waals surface area contributed by atoms with Crippen molar-refractivity contribution in [2.45, 2.75) is 19.3 Å². The summed E-state index contributed by atoms with van der Waals surface area (Å²) in [4.78, 5) is 0. The van der Waals surface area contributed by atoms with E-state index in [-0.39, 0.29) is 0 Å². The van der Waals surface area contributed by atoms with Gasteiger partial charge in [0.05, 0.1) is 10.2 Å². The summed E-state index contributed by atoms with van der Waals surface area (Å²) in [5, 5.41) is 1.21. The average Bonchev–Trinajstić information content (AvgIpc) is 2.33. The highest BCUT2D eigenvalue weighted by Crippen LogP contribution is 2.19. The summed E-state index contributed by atoms with van der Waals surface area (Å²) in [6.45, 7) is 0. The number of rotatable bonds is 0. The molecule has 0 nitrogen and oxygen atoms in total. The minimum absolute atomic E-state index is 1.21. The first-order valence-electron chi connectivity index (χ1n) is 3.70. The number of fused-ring (bicyclic) bond motifs is 1. The molecule has 0 amide bonds. The molecule has 0 saturated heterocycles. The molecule has 1 aromatic carbocycles. The number of hydrogen-bond donors (Lipinski definition) is 0. The zero-order chi connectivity index (χ0) is 6.97. The Bertz CT molecular complexity index is 253. The van der Waals surface area contributed by atoms with Crippen LogP contribution in [0.15, 0.2) is 18.2 Å². The van der Waals surface area contributed by atoms with Crippen LogP contribution in [-0.2, 0) is 12.8 Å². The van der Waals surface area contributed by atoms with Gasteiger partial charge in [0.15, 0.2) is 0 Å². The first-order valence-corrected chi connectivity index (χ1v) is 4.20. The average molecular weight is 145 g/mol. The fraction of sp³-hybridized carbons (Fsp3) is 0.333. The van der Waals surface area contributed by atoms with Gasteiger partial charge in [-0.3, -0.25) is 0 Å². The van der Waals surface area contributed by atoms with Gasteiger partial charge in [-0.15, -0.1) is 0 Å². The van der Waals surface area contributed by atoms with E-state index in [9.17, 15) is 0 Å². The summed E-state index contributed by atoms with van der Waals surface area (Å²) in [5.74, 6) is 0. The van der Waals surface area contributed by atoms with Crippen LogP contribution < -0.4 is 5.19 Å². The van der Waals surface area contributed by atoms with Gasteiger partial charge in [0, 0.05) is 0 Å². The Hall–Kier alpha value is -0.563. The first-order chi connectivity index (χ1) is 4.86. The Labute approximate surface area is 64.7 Å². The Balaban J connectivity index is 2.52. The summed E-state index contributed by atoms with van der Waals surface area (Å²) in [6, 6.07) is 6.59. The van der Waals surface area contributed by atoms with Gasteiger partial charge in [0.25, 0.3) is 0 Å². The van der Waals surface area contributed by atoms with Crippen molar-refractivity contribution in [1.82, 2.24) is 0 Å². The molecule has 0 fully saturated rings. The molecule has 0 atom stereocenters. The zero-order valence-corrected chi connectivity index (χ0v) is 6.85. The minimum atomic E-state index is 1.21. The predicted octanol–water partition coefficient (Wildman–Crippen LogP) is 0.969. The van der Waals surface area contributed by atoms with E-state index in [0.717, 1.165) is 0 Å². The Morgan fingerprint density at radius 1 is 1.10 bits per heavy atom. The largest absolute Gasteiger partial charge is 0.0711 e. The van der Waals surface area contributed by atoms with Gasteiger partial charge >= 0.3 is 0 Å². The summed E-state index contributed by atoms with van der Waals surface area (Å²) in [5.41, 5.74) is 3.08. The van der Waals surface area contributed by atoms with Crippen molar-refractivity contribution in [3.05, 3.63) is 29.3 Å². The van der Waals surface area contributed by atoms with Crippen LogP contribution >= 0.6 is 0 Å². The normalized spacial score (nSPS) is 15.3. The topological polar surface area (TPSA) is 0 Å². The van der Waals surface area contributed by atoms with E-state index in [1.807, 2.05) is 0 Å². The van der Waals surface area contributed by atoms with Gasteiger partial charge in [-0.2, -0.15) is 0 Å². The molecule has 1 heteroatoms. The van der Waals surface area contributed by atoms with Gasteiger partial charge < -0.3 is 0 Å². The second-order valence-electron chi connectivity index (χ2n) is 2.84. The molecule has 3 radical (unpaired) electrons. The van der Waals surface area contributed by atoms with E-state index < -0.39 is 0 Å². The lowest BCUT2D eigenvalue weighted by Gasteiger charge is -1.98. The van der Waals surface area contributed by atoms with E-state index in [4.69, 9.17) is 0 Å². The third-order valence-corrected chi connectivity index (χ3v) is 2.41. The fourth-order valence-corrected chi connectivity index (χ4v) is 1.83. The smallest absolute Gasteiger partial charge is 0.0671 e. The van der Waals surface area contributed by atoms with Crippen LogP contribution in [0.2, 0.25) is 0 Å². The van der Waals surface area contributed by atoms with Crippen LogP contribution in [0.25, 0.3) is 0 Å². The van der Waals surface area contributed by atoms with E-state index in [1.165, 1.54) is 30.0 Å². The molecule has 2 rings (SSSR count). The molecule has 0 bridgehead atoms. The van der Waals surface area contributed by atoms with Gasteiger partial charge in [0.1, 0.15) is 0 Å². The van der Waals surface area contributed by atoms with Crippen LogP contribution in [0.3, 0.4) is 0 Å². The van der Waals surface area contributed by atoms with Crippen molar-refractivity contribution < 1.29 is 0 Å². The first kappa shape index (κ1) is 6.17. The van der Waals surface area contributed by atoms with Crippen LogP contribution in [-0.4, -0.2) is 10.2 Å². The van der Waals surface area contributed by atoms with Gasteiger partial charge in [-0.05, 0) is 30.4 Å². The van der Waals surface area contributed by atoms with Crippen LogP contribution in [0, 0.1) is 0 Å². The van der Waals surface area contributed by atoms with Crippen molar-refractivity contribution in [2.75, 3.05) is 0 Å². The van der Waals surface area contributed by atoms with Crippen LogP contribution in [0.5, 0.6) is 0 Å². The maximum absolute atomic E-state index is 3.51. The highest BCUT2D eigenvalue weighted by Gasteiger charge is 2.08. The molecule has 0 saturated carbocycles. The quantitative estimate of drug-likeness (QED) is 0.477. The number of benzene rings is 1. The van der Waals surface area contributed by atoms with Crippen molar-refractivity contribution in [3.8, 4) is 0 Å². The molecule has 1 aromatic rings. The Morgan fingerprint density at radius 3 is 2.80 bits per heavy atom. The molecule has 1 aliphatic rings. The lowest BCUT2D eigenvalue weighted by atomic mass is 10.1. The molecule has 10 heavy (non-hydrogen) atoms. The molecule has 1 aliphatic carbocycles. The molecule has 0 aliphatic heterocycles. The Kier molecular flexibility index (Phi) is 1.38. The van der Waals surface area contributed by atoms with E-state index in [0.29, 0.717) is 0 Å². The van der Waals surface area contributed by atoms with Crippen molar-refractivity contribution in [3.63, 3.8) is 0 Å². The Morgan fingerprint density at radius 2 is 1.90 bits per heavy atom. The standard InChI is InChI=1S/C9H9Si/c10-9-5-4-7-2-1-3-8(7)6-9/h4-6H,1-3H2. The number of hydrogen-bond acceptors (Lipinski definition) is 0. The molecule has 0 spiro atoms. The van der Waals surface area contributed by atoms with Crippen molar-refractivity contribution >= 4 is 15.4 Å². The lowest BCUT2D eigenvalue weighted by molar-refractivity contribution is 0.912. The third kappa shape index (κ3) is 0.906. The van der Waals surface area contributed by atoms with E-state index in [1.54, 1.807) is 5.56 Å². The fourth-order valence-electron chi connectivity index (χ4n) is 1.57. The number of aryl methyl sites for hydroxylation is 2. The molecule has 0 heterocycles. The molecular weight excluding hydrogens is 136 g/mol. The summed E-state index contributed by atoms with van der Waals surface area (Å²) >= 11 is 0. The highest BCUT2D eigenvalue weighted by molar-refractivity contribution is 6.32. The molecule has 49 valence electrons. The highest BCUT2D eigenvalue weighted by atomic mass is 28.1. The predicted molar refractivity (Wildman–Crippen MR) is 43.9 cm³/mol. The van der Waals surface area contributed by atoms with E-state index in [2.05, 4.69) is 28.4 Å². The second kappa shape index (κ2) is 2.24. The molecule has 0 unspecified atom stereocenters. The third-order valence-electron chi connectivity index (χ3n) is 2.10. The lowest BCUT2D eigenvalue weighted by Crippen LogP contribution is -2.02. The van der Waals surface area contributed by atoms with Crippen molar-refractivity contribution in [2.24, 2.45) is 0 Å². The van der Waals surface area contributed by atoms with Crippen LogP contribution in [0.1, 0.15) is 17.5 Å². The van der Waals surface area contributed by atoms with Gasteiger partial charge in [-0.1, -0.05) is 23.4 Å². The summed E-state index contributed by atoms with van der Waals surface area (Å²) < 4.78 is 0. The monoisotopic (exact) mass is 145 g/mol.